The highest BCUT2D eigenvalue weighted by Gasteiger charge is 2.21. The molecule has 1 amide bonds. The second-order valence-electron chi connectivity index (χ2n) is 7.15. The van der Waals surface area contributed by atoms with Gasteiger partial charge in [-0.15, -0.1) is 0 Å². The largest absolute Gasteiger partial charge is 0.376 e. The van der Waals surface area contributed by atoms with E-state index in [-0.39, 0.29) is 5.91 Å². The van der Waals surface area contributed by atoms with Crippen molar-refractivity contribution in [3.05, 3.63) is 48.3 Å². The zero-order valence-electron chi connectivity index (χ0n) is 15.6. The molecular formula is C21H29N3O2. The Balaban J connectivity index is 1.33. The van der Waals surface area contributed by atoms with Gasteiger partial charge in [0.1, 0.15) is 0 Å². The lowest BCUT2D eigenvalue weighted by Gasteiger charge is -2.28. The third-order valence-electron chi connectivity index (χ3n) is 5.09. The minimum atomic E-state index is 0.0674. The van der Waals surface area contributed by atoms with Gasteiger partial charge in [-0.25, -0.2) is 4.68 Å². The number of nitrogens with zero attached hydrogens (tertiary/aromatic N) is 2. The van der Waals surface area contributed by atoms with Crippen LogP contribution in [0.25, 0.3) is 5.69 Å². The van der Waals surface area contributed by atoms with Gasteiger partial charge < -0.3 is 10.1 Å². The van der Waals surface area contributed by atoms with Crippen LogP contribution in [0.4, 0.5) is 0 Å². The summed E-state index contributed by atoms with van der Waals surface area (Å²) in [7, 11) is 0. The molecule has 2 atom stereocenters. The number of aryl methyl sites for hydroxylation is 1. The van der Waals surface area contributed by atoms with Crippen molar-refractivity contribution in [2.24, 2.45) is 5.92 Å². The van der Waals surface area contributed by atoms with Gasteiger partial charge in [-0.2, -0.15) is 5.10 Å². The number of carbonyl (C=O) groups excluding carboxylic acids is 1. The number of amides is 1. The van der Waals surface area contributed by atoms with E-state index in [0.717, 1.165) is 17.7 Å². The maximum atomic E-state index is 12.0. The molecule has 0 spiro atoms. The zero-order chi connectivity index (χ0) is 18.2. The molecule has 1 heterocycles. The van der Waals surface area contributed by atoms with Gasteiger partial charge in [0, 0.05) is 19.2 Å². The summed E-state index contributed by atoms with van der Waals surface area (Å²) < 4.78 is 7.77. The molecule has 2 unspecified atom stereocenters. The standard InChI is InChI=1S/C21H29N3O2/c1-17-7-5-6-10-20(17)26-14-13-22-21(25)12-11-18-15-23-24(16-18)19-8-3-2-4-9-19/h2-4,8-9,15-17,20H,5-7,10-14H2,1H3,(H,22,25). The minimum Gasteiger partial charge on any atom is -0.376 e. The Morgan fingerprint density at radius 2 is 2.08 bits per heavy atom. The van der Waals surface area contributed by atoms with Crippen molar-refractivity contribution in [3.63, 3.8) is 0 Å². The molecule has 0 aliphatic heterocycles. The number of benzene rings is 1. The van der Waals surface area contributed by atoms with E-state index in [2.05, 4.69) is 17.3 Å². The second-order valence-corrected chi connectivity index (χ2v) is 7.15. The highest BCUT2D eigenvalue weighted by molar-refractivity contribution is 5.76. The van der Waals surface area contributed by atoms with Gasteiger partial charge in [-0.05, 0) is 42.9 Å². The third-order valence-corrected chi connectivity index (χ3v) is 5.09. The van der Waals surface area contributed by atoms with Crippen LogP contribution in [0.5, 0.6) is 0 Å². The fourth-order valence-electron chi connectivity index (χ4n) is 3.49. The van der Waals surface area contributed by atoms with E-state index < -0.39 is 0 Å². The average molecular weight is 355 g/mol. The van der Waals surface area contributed by atoms with Crippen molar-refractivity contribution in [2.45, 2.75) is 51.6 Å². The first-order valence-corrected chi connectivity index (χ1v) is 9.69. The van der Waals surface area contributed by atoms with Crippen LogP contribution in [-0.2, 0) is 16.0 Å². The van der Waals surface area contributed by atoms with Crippen LogP contribution < -0.4 is 5.32 Å². The summed E-state index contributed by atoms with van der Waals surface area (Å²) in [5, 5.41) is 7.32. The second kappa shape index (κ2) is 9.53. The lowest BCUT2D eigenvalue weighted by atomic mass is 9.88. The predicted molar refractivity (Wildman–Crippen MR) is 102 cm³/mol. The summed E-state index contributed by atoms with van der Waals surface area (Å²) in [5.41, 5.74) is 2.09. The summed E-state index contributed by atoms with van der Waals surface area (Å²) in [6.07, 6.45) is 10.3. The lowest BCUT2D eigenvalue weighted by Crippen LogP contribution is -2.31. The van der Waals surface area contributed by atoms with Crippen molar-refractivity contribution in [2.75, 3.05) is 13.2 Å². The maximum Gasteiger partial charge on any atom is 0.220 e. The van der Waals surface area contributed by atoms with Crippen LogP contribution in [0.15, 0.2) is 42.7 Å². The Morgan fingerprint density at radius 1 is 1.27 bits per heavy atom. The topological polar surface area (TPSA) is 56.1 Å². The Bertz CT molecular complexity index is 684. The Hall–Kier alpha value is -2.14. The molecule has 2 aromatic rings. The molecule has 140 valence electrons. The molecule has 1 aromatic heterocycles. The van der Waals surface area contributed by atoms with Gasteiger partial charge in [0.05, 0.1) is 24.6 Å². The summed E-state index contributed by atoms with van der Waals surface area (Å²) in [6, 6.07) is 9.98. The predicted octanol–water partition coefficient (Wildman–Crippen LogP) is 3.52. The fourth-order valence-corrected chi connectivity index (χ4v) is 3.49. The summed E-state index contributed by atoms with van der Waals surface area (Å²) in [6.45, 7) is 3.45. The third kappa shape index (κ3) is 5.43. The monoisotopic (exact) mass is 355 g/mol. The van der Waals surface area contributed by atoms with Gasteiger partial charge in [0.25, 0.3) is 0 Å². The number of hydrogen-bond acceptors (Lipinski definition) is 3. The van der Waals surface area contributed by atoms with Crippen LogP contribution in [0, 0.1) is 5.92 Å². The lowest BCUT2D eigenvalue weighted by molar-refractivity contribution is -0.121. The van der Waals surface area contributed by atoms with Crippen LogP contribution in [0.3, 0.4) is 0 Å². The quantitative estimate of drug-likeness (QED) is 0.737. The molecule has 3 rings (SSSR count). The van der Waals surface area contributed by atoms with Gasteiger partial charge >= 0.3 is 0 Å². The molecule has 1 aliphatic carbocycles. The number of carbonyl (C=O) groups is 1. The van der Waals surface area contributed by atoms with E-state index in [1.807, 2.05) is 47.4 Å². The Labute approximate surface area is 155 Å². The molecule has 0 saturated heterocycles. The average Bonchev–Trinajstić information content (AvgIpc) is 3.15. The number of rotatable bonds is 8. The number of ether oxygens (including phenoxy) is 1. The molecule has 5 heteroatoms. The smallest absolute Gasteiger partial charge is 0.220 e. The van der Waals surface area contributed by atoms with Crippen LogP contribution in [0.1, 0.15) is 44.6 Å². The molecular weight excluding hydrogens is 326 g/mol. The maximum absolute atomic E-state index is 12.0. The molecule has 1 aromatic carbocycles. The first kappa shape index (κ1) is 18.6. The van der Waals surface area contributed by atoms with Gasteiger partial charge in [0.2, 0.25) is 5.91 Å². The molecule has 0 radical (unpaired) electrons. The number of aromatic nitrogens is 2. The molecule has 26 heavy (non-hydrogen) atoms. The number of nitrogens with one attached hydrogen (secondary N) is 1. The van der Waals surface area contributed by atoms with E-state index >= 15 is 0 Å². The zero-order valence-corrected chi connectivity index (χ0v) is 15.6. The van der Waals surface area contributed by atoms with Crippen LogP contribution in [0.2, 0.25) is 0 Å². The van der Waals surface area contributed by atoms with Crippen molar-refractivity contribution in [3.8, 4) is 5.69 Å². The summed E-state index contributed by atoms with van der Waals surface area (Å²) in [4.78, 5) is 12.0. The molecule has 1 saturated carbocycles. The number of para-hydroxylation sites is 1. The van der Waals surface area contributed by atoms with Crippen molar-refractivity contribution < 1.29 is 9.53 Å². The Morgan fingerprint density at radius 3 is 2.88 bits per heavy atom. The van der Waals surface area contributed by atoms with Crippen molar-refractivity contribution in [1.29, 1.82) is 0 Å². The van der Waals surface area contributed by atoms with Crippen molar-refractivity contribution >= 4 is 5.91 Å². The molecule has 1 fully saturated rings. The summed E-state index contributed by atoms with van der Waals surface area (Å²) >= 11 is 0. The molecule has 1 aliphatic rings. The number of hydrogen-bond donors (Lipinski definition) is 1. The first-order valence-electron chi connectivity index (χ1n) is 9.69. The normalized spacial score (nSPS) is 20.0. The highest BCUT2D eigenvalue weighted by atomic mass is 16.5. The Kier molecular flexibility index (Phi) is 6.83. The minimum absolute atomic E-state index is 0.0674. The molecule has 5 nitrogen and oxygen atoms in total. The highest BCUT2D eigenvalue weighted by Crippen LogP contribution is 2.25. The van der Waals surface area contributed by atoms with Crippen LogP contribution >= 0.6 is 0 Å². The van der Waals surface area contributed by atoms with Crippen molar-refractivity contribution in [1.82, 2.24) is 15.1 Å². The van der Waals surface area contributed by atoms with E-state index in [4.69, 9.17) is 4.74 Å². The van der Waals surface area contributed by atoms with E-state index in [1.54, 1.807) is 0 Å². The molecule has 1 N–H and O–H groups in total. The van der Waals surface area contributed by atoms with Gasteiger partial charge in [-0.3, -0.25) is 4.79 Å². The van der Waals surface area contributed by atoms with E-state index in [1.165, 1.54) is 19.3 Å². The fraction of sp³-hybridized carbons (Fsp3) is 0.524. The SMILES string of the molecule is CC1CCCCC1OCCNC(=O)CCc1cnn(-c2ccccc2)c1. The molecule has 0 bridgehead atoms. The van der Waals surface area contributed by atoms with E-state index in [0.29, 0.717) is 38.0 Å². The van der Waals surface area contributed by atoms with Gasteiger partial charge in [-0.1, -0.05) is 38.0 Å². The first-order chi connectivity index (χ1) is 12.7. The van der Waals surface area contributed by atoms with Gasteiger partial charge in [0.15, 0.2) is 0 Å². The van der Waals surface area contributed by atoms with Crippen LogP contribution in [-0.4, -0.2) is 34.9 Å². The summed E-state index contributed by atoms with van der Waals surface area (Å²) in [5.74, 6) is 0.707. The van der Waals surface area contributed by atoms with E-state index in [9.17, 15) is 4.79 Å².